The molecule has 31 heavy (non-hydrogen) atoms. The van der Waals surface area contributed by atoms with Crippen LogP contribution in [0.2, 0.25) is 0 Å². The van der Waals surface area contributed by atoms with E-state index in [4.69, 9.17) is 21.7 Å². The van der Waals surface area contributed by atoms with Crippen LogP contribution >= 0.6 is 23.6 Å². The van der Waals surface area contributed by atoms with E-state index in [9.17, 15) is 22.8 Å². The first-order valence-corrected chi connectivity index (χ1v) is 10.2. The zero-order chi connectivity index (χ0) is 23.2. The van der Waals surface area contributed by atoms with Crippen molar-refractivity contribution in [1.29, 1.82) is 0 Å². The lowest BCUT2D eigenvalue weighted by atomic mass is 10.1. The fourth-order valence-corrected chi connectivity index (χ4v) is 3.97. The summed E-state index contributed by atoms with van der Waals surface area (Å²) in [6.07, 6.45) is -3.89. The molecule has 0 aliphatic rings. The van der Waals surface area contributed by atoms with Gasteiger partial charge in [-0.05, 0) is 49.3 Å². The van der Waals surface area contributed by atoms with E-state index in [1.807, 2.05) is 13.8 Å². The van der Waals surface area contributed by atoms with Crippen LogP contribution in [0.1, 0.15) is 33.3 Å². The number of esters is 1. The molecule has 168 valence electrons. The van der Waals surface area contributed by atoms with E-state index in [0.717, 1.165) is 22.6 Å². The number of halogens is 3. The summed E-state index contributed by atoms with van der Waals surface area (Å²) in [7, 11) is 1.28. The topological polar surface area (TPSA) is 88.7 Å². The van der Waals surface area contributed by atoms with Crippen LogP contribution in [0.15, 0.2) is 24.3 Å². The van der Waals surface area contributed by atoms with Crippen LogP contribution in [0.5, 0.6) is 5.75 Å². The molecule has 0 spiro atoms. The molecule has 0 aliphatic carbocycles. The van der Waals surface area contributed by atoms with Gasteiger partial charge in [-0.3, -0.25) is 15.6 Å². The van der Waals surface area contributed by atoms with Gasteiger partial charge in [0, 0.05) is 4.88 Å². The molecule has 0 radical (unpaired) electrons. The first kappa shape index (κ1) is 24.4. The van der Waals surface area contributed by atoms with Crippen LogP contribution in [-0.2, 0) is 22.1 Å². The molecule has 0 saturated heterocycles. The normalized spacial score (nSPS) is 10.9. The molecular weight excluding hydrogens is 455 g/mol. The molecule has 3 N–H and O–H groups in total. The van der Waals surface area contributed by atoms with Crippen molar-refractivity contribution < 1.29 is 32.2 Å². The van der Waals surface area contributed by atoms with Gasteiger partial charge in [-0.2, -0.15) is 13.2 Å². The van der Waals surface area contributed by atoms with Crippen molar-refractivity contribution in [2.75, 3.05) is 19.0 Å². The summed E-state index contributed by atoms with van der Waals surface area (Å²) < 4.78 is 48.0. The number of carbonyl (C=O) groups is 2. The molecule has 1 aromatic heterocycles. The summed E-state index contributed by atoms with van der Waals surface area (Å²) >= 11 is 6.43. The highest BCUT2D eigenvalue weighted by molar-refractivity contribution is 7.80. The van der Waals surface area contributed by atoms with Gasteiger partial charge in [-0.1, -0.05) is 13.0 Å². The van der Waals surface area contributed by atoms with Gasteiger partial charge < -0.3 is 14.8 Å². The number of rotatable bonds is 6. The Morgan fingerprint density at radius 3 is 2.55 bits per heavy atom. The van der Waals surface area contributed by atoms with Crippen molar-refractivity contribution >= 4 is 45.5 Å². The van der Waals surface area contributed by atoms with Gasteiger partial charge in [0.15, 0.2) is 11.7 Å². The second-order valence-electron chi connectivity index (χ2n) is 6.13. The number of alkyl halides is 3. The van der Waals surface area contributed by atoms with E-state index >= 15 is 0 Å². The van der Waals surface area contributed by atoms with Crippen molar-refractivity contribution in [3.63, 3.8) is 0 Å². The number of thiocarbonyl (C=S) groups is 1. The number of hydrogen-bond acceptors (Lipinski definition) is 6. The molecule has 2 aromatic rings. The van der Waals surface area contributed by atoms with Gasteiger partial charge in [-0.25, -0.2) is 4.79 Å². The Balaban J connectivity index is 1.91. The minimum absolute atomic E-state index is 0.00137. The second kappa shape index (κ2) is 10.4. The van der Waals surface area contributed by atoms with Crippen molar-refractivity contribution in [3.05, 3.63) is 45.8 Å². The fraction of sp³-hybridized carbons (Fsp3) is 0.316. The first-order chi connectivity index (χ1) is 14.6. The summed E-state index contributed by atoms with van der Waals surface area (Å²) in [6, 6.07) is 4.18. The van der Waals surface area contributed by atoms with Gasteiger partial charge in [-0.15, -0.1) is 11.3 Å². The minimum Gasteiger partial charge on any atom is -0.484 e. The smallest absolute Gasteiger partial charge is 0.416 e. The van der Waals surface area contributed by atoms with Crippen LogP contribution in [0.25, 0.3) is 0 Å². The largest absolute Gasteiger partial charge is 0.484 e. The van der Waals surface area contributed by atoms with Crippen LogP contribution in [0, 0.1) is 6.92 Å². The predicted molar refractivity (Wildman–Crippen MR) is 114 cm³/mol. The lowest BCUT2D eigenvalue weighted by molar-refractivity contribution is -0.137. The Bertz CT molecular complexity index is 977. The summed E-state index contributed by atoms with van der Waals surface area (Å²) in [5.74, 6) is -1.29. The first-order valence-electron chi connectivity index (χ1n) is 8.93. The average Bonchev–Trinajstić information content (AvgIpc) is 3.04. The van der Waals surface area contributed by atoms with Gasteiger partial charge in [0.05, 0.1) is 18.2 Å². The highest BCUT2D eigenvalue weighted by Gasteiger charge is 2.30. The van der Waals surface area contributed by atoms with E-state index in [0.29, 0.717) is 17.0 Å². The lowest BCUT2D eigenvalue weighted by Gasteiger charge is -2.13. The number of hydrazine groups is 1. The summed E-state index contributed by atoms with van der Waals surface area (Å²) in [4.78, 5) is 24.9. The molecule has 1 amide bonds. The molecule has 7 nitrogen and oxygen atoms in total. The Kier molecular flexibility index (Phi) is 8.22. The van der Waals surface area contributed by atoms with Gasteiger partial charge in [0.25, 0.3) is 5.91 Å². The highest BCUT2D eigenvalue weighted by Crippen LogP contribution is 2.34. The van der Waals surface area contributed by atoms with Crippen molar-refractivity contribution in [1.82, 2.24) is 10.9 Å². The molecular formula is C19H20F3N3O4S2. The van der Waals surface area contributed by atoms with E-state index in [2.05, 4.69) is 16.2 Å². The van der Waals surface area contributed by atoms with Crippen LogP contribution < -0.4 is 20.9 Å². The third kappa shape index (κ3) is 6.56. The minimum atomic E-state index is -4.51. The zero-order valence-electron chi connectivity index (χ0n) is 16.8. The summed E-state index contributed by atoms with van der Waals surface area (Å²) in [6.45, 7) is 3.24. The zero-order valence-corrected chi connectivity index (χ0v) is 18.4. The molecule has 0 atom stereocenters. The Labute approximate surface area is 185 Å². The lowest BCUT2D eigenvalue weighted by Crippen LogP contribution is -2.45. The van der Waals surface area contributed by atoms with Gasteiger partial charge in [0.2, 0.25) is 0 Å². The number of aryl methyl sites for hydroxylation is 1. The number of anilines is 1. The number of methoxy groups -OCH3 is 1. The Morgan fingerprint density at radius 1 is 1.23 bits per heavy atom. The molecule has 1 aromatic carbocycles. The number of amides is 1. The number of nitrogens with one attached hydrogen (secondary N) is 3. The van der Waals surface area contributed by atoms with Crippen LogP contribution in [0.3, 0.4) is 0 Å². The third-order valence-electron chi connectivity index (χ3n) is 4.03. The number of ether oxygens (including phenoxy) is 2. The molecule has 0 fully saturated rings. The SMILES string of the molecule is CCc1c(C)sc(NC(=S)NNC(=O)COc2cccc(C(F)(F)F)c2)c1C(=O)OC. The average molecular weight is 476 g/mol. The number of carbonyl (C=O) groups excluding carboxylic acids is 2. The molecule has 0 unspecified atom stereocenters. The molecule has 0 aliphatic heterocycles. The van der Waals surface area contributed by atoms with E-state index < -0.39 is 30.2 Å². The highest BCUT2D eigenvalue weighted by atomic mass is 32.1. The molecule has 2 rings (SSSR count). The van der Waals surface area contributed by atoms with Crippen molar-refractivity contribution in [2.45, 2.75) is 26.4 Å². The predicted octanol–water partition coefficient (Wildman–Crippen LogP) is 3.82. The number of hydrogen-bond donors (Lipinski definition) is 3. The maximum absolute atomic E-state index is 12.7. The van der Waals surface area contributed by atoms with Crippen LogP contribution in [-0.4, -0.2) is 30.7 Å². The molecule has 0 saturated carbocycles. The quantitative estimate of drug-likeness (QED) is 0.333. The van der Waals surface area contributed by atoms with E-state index in [-0.39, 0.29) is 10.9 Å². The Hall–Kier alpha value is -2.86. The van der Waals surface area contributed by atoms with Gasteiger partial charge >= 0.3 is 12.1 Å². The van der Waals surface area contributed by atoms with E-state index in [1.54, 1.807) is 0 Å². The monoisotopic (exact) mass is 475 g/mol. The molecule has 12 heteroatoms. The van der Waals surface area contributed by atoms with Crippen molar-refractivity contribution in [2.24, 2.45) is 0 Å². The van der Waals surface area contributed by atoms with Crippen molar-refractivity contribution in [3.8, 4) is 5.75 Å². The standard InChI is InChI=1S/C19H20F3N3O4S2/c1-4-13-10(2)31-16(15(13)17(27)28-3)23-18(30)25-24-14(26)9-29-12-7-5-6-11(8-12)19(20,21)22/h5-8H,4,9H2,1-3H3,(H,24,26)(H2,23,25,30). The molecule has 1 heterocycles. The summed E-state index contributed by atoms with van der Waals surface area (Å²) in [5.41, 5.74) is 5.04. The van der Waals surface area contributed by atoms with E-state index in [1.165, 1.54) is 30.6 Å². The van der Waals surface area contributed by atoms with Crippen LogP contribution in [0.4, 0.5) is 18.2 Å². The number of benzene rings is 1. The second-order valence-corrected chi connectivity index (χ2v) is 7.76. The fourth-order valence-electron chi connectivity index (χ4n) is 2.62. The molecule has 0 bridgehead atoms. The maximum atomic E-state index is 12.7. The maximum Gasteiger partial charge on any atom is 0.416 e. The Morgan fingerprint density at radius 2 is 1.94 bits per heavy atom. The third-order valence-corrected chi connectivity index (χ3v) is 5.29. The summed E-state index contributed by atoms with van der Waals surface area (Å²) in [5, 5.41) is 3.30. The van der Waals surface area contributed by atoms with Gasteiger partial charge in [0.1, 0.15) is 10.8 Å². The number of thiophene rings is 1.